The molecule has 7 heteroatoms. The molecule has 1 saturated carbocycles. The van der Waals surface area contributed by atoms with Crippen LogP contribution in [0.5, 0.6) is 5.88 Å². The Balaban J connectivity index is 1.64. The average Bonchev–Trinajstić information content (AvgIpc) is 3.17. The van der Waals surface area contributed by atoms with Gasteiger partial charge in [-0.1, -0.05) is 6.92 Å². The zero-order chi connectivity index (χ0) is 18.3. The van der Waals surface area contributed by atoms with Crippen LogP contribution >= 0.6 is 11.3 Å². The van der Waals surface area contributed by atoms with E-state index in [1.807, 2.05) is 0 Å². The summed E-state index contributed by atoms with van der Waals surface area (Å²) in [5, 5.41) is 10.9. The average molecular weight is 375 g/mol. The van der Waals surface area contributed by atoms with Crippen LogP contribution in [-0.2, 0) is 11.2 Å². The Labute approximate surface area is 156 Å². The number of ether oxygens (including phenoxy) is 1. The number of nitrogens with zero attached hydrogens (tertiary/aromatic N) is 2. The predicted octanol–water partition coefficient (Wildman–Crippen LogP) is 2.91. The summed E-state index contributed by atoms with van der Waals surface area (Å²) >= 11 is 1.67. The van der Waals surface area contributed by atoms with E-state index in [1.165, 1.54) is 17.7 Å². The minimum absolute atomic E-state index is 0.0981. The first kappa shape index (κ1) is 17.7. The smallest absolute Gasteiger partial charge is 0.246 e. The SMILES string of the molecule is CC1CCC(Oc2ncnc3sc4c(c23)[C@@H](CC(O)C(N)=O)CC4)CC1. The Morgan fingerprint density at radius 2 is 2.12 bits per heavy atom. The number of hydrogen-bond acceptors (Lipinski definition) is 6. The van der Waals surface area contributed by atoms with E-state index in [-0.39, 0.29) is 12.0 Å². The predicted molar refractivity (Wildman–Crippen MR) is 100 cm³/mol. The van der Waals surface area contributed by atoms with Crippen LogP contribution in [0.15, 0.2) is 6.33 Å². The first-order valence-corrected chi connectivity index (χ1v) is 10.2. The highest BCUT2D eigenvalue weighted by Crippen LogP contribution is 2.47. The molecule has 26 heavy (non-hydrogen) atoms. The molecular formula is C19H25N3O3S. The third kappa shape index (κ3) is 3.30. The molecule has 140 valence electrons. The number of primary amides is 1. The van der Waals surface area contributed by atoms with Crippen molar-refractivity contribution < 1.29 is 14.6 Å². The Morgan fingerprint density at radius 1 is 1.35 bits per heavy atom. The third-order valence-corrected chi connectivity index (χ3v) is 6.95. The van der Waals surface area contributed by atoms with Gasteiger partial charge in [0.1, 0.15) is 23.4 Å². The number of hydrogen-bond donors (Lipinski definition) is 2. The van der Waals surface area contributed by atoms with Crippen LogP contribution in [0.2, 0.25) is 0 Å². The lowest BCUT2D eigenvalue weighted by molar-refractivity contribution is -0.126. The molecule has 0 aromatic carbocycles. The number of aliphatic hydroxyl groups is 1. The molecule has 2 aliphatic carbocycles. The molecule has 0 saturated heterocycles. The van der Waals surface area contributed by atoms with E-state index in [9.17, 15) is 9.90 Å². The number of carbonyl (C=O) groups excluding carboxylic acids is 1. The van der Waals surface area contributed by atoms with Gasteiger partial charge in [0.15, 0.2) is 0 Å². The van der Waals surface area contributed by atoms with E-state index in [0.29, 0.717) is 12.3 Å². The lowest BCUT2D eigenvalue weighted by Crippen LogP contribution is -2.29. The van der Waals surface area contributed by atoms with E-state index >= 15 is 0 Å². The highest BCUT2D eigenvalue weighted by atomic mass is 32.1. The minimum Gasteiger partial charge on any atom is -0.474 e. The van der Waals surface area contributed by atoms with Gasteiger partial charge >= 0.3 is 0 Å². The normalized spacial score (nSPS) is 26.6. The molecule has 0 aliphatic heterocycles. The van der Waals surface area contributed by atoms with E-state index in [1.54, 1.807) is 17.7 Å². The van der Waals surface area contributed by atoms with Crippen LogP contribution in [0, 0.1) is 5.92 Å². The fourth-order valence-corrected chi connectivity index (χ4v) is 5.49. The van der Waals surface area contributed by atoms with Crippen LogP contribution < -0.4 is 10.5 Å². The van der Waals surface area contributed by atoms with Crippen molar-refractivity contribution in [3.05, 3.63) is 16.8 Å². The van der Waals surface area contributed by atoms with Crippen molar-refractivity contribution in [3.63, 3.8) is 0 Å². The summed E-state index contributed by atoms with van der Waals surface area (Å²) in [6.07, 6.45) is 7.36. The van der Waals surface area contributed by atoms with Gasteiger partial charge in [0.05, 0.1) is 5.39 Å². The van der Waals surface area contributed by atoms with Gasteiger partial charge in [0, 0.05) is 4.88 Å². The van der Waals surface area contributed by atoms with Crippen LogP contribution in [0.3, 0.4) is 0 Å². The Hall–Kier alpha value is -1.73. The van der Waals surface area contributed by atoms with Gasteiger partial charge in [0.25, 0.3) is 0 Å². The van der Waals surface area contributed by atoms with Gasteiger partial charge in [0.2, 0.25) is 11.8 Å². The van der Waals surface area contributed by atoms with Crippen LogP contribution in [0.25, 0.3) is 10.2 Å². The van der Waals surface area contributed by atoms with Crippen molar-refractivity contribution in [2.45, 2.75) is 70.0 Å². The summed E-state index contributed by atoms with van der Waals surface area (Å²) in [5.41, 5.74) is 6.41. The first-order valence-electron chi connectivity index (χ1n) is 9.43. The van der Waals surface area contributed by atoms with Crippen LogP contribution in [-0.4, -0.2) is 33.2 Å². The van der Waals surface area contributed by atoms with Crippen molar-refractivity contribution in [2.75, 3.05) is 0 Å². The molecule has 2 aromatic rings. The number of thiophene rings is 1. The van der Waals surface area contributed by atoms with Gasteiger partial charge in [-0.3, -0.25) is 4.79 Å². The summed E-state index contributed by atoms with van der Waals surface area (Å²) in [6.45, 7) is 2.29. The van der Waals surface area contributed by atoms with Crippen molar-refractivity contribution in [1.82, 2.24) is 9.97 Å². The zero-order valence-electron chi connectivity index (χ0n) is 15.0. The van der Waals surface area contributed by atoms with Crippen molar-refractivity contribution in [3.8, 4) is 5.88 Å². The van der Waals surface area contributed by atoms with Crippen LogP contribution in [0.1, 0.15) is 61.8 Å². The van der Waals surface area contributed by atoms with E-state index in [0.717, 1.165) is 47.4 Å². The summed E-state index contributed by atoms with van der Waals surface area (Å²) in [4.78, 5) is 22.4. The standard InChI is InChI=1S/C19H25N3O3S/c1-10-2-5-12(6-3-10)25-18-16-15-11(8-13(23)17(20)24)4-7-14(15)26-19(16)22-9-21-18/h9-13,23H,2-8H2,1H3,(H2,20,24)/t10?,11-,12?,13?/m1/s1. The number of carbonyl (C=O) groups is 1. The molecule has 0 spiro atoms. The van der Waals surface area contributed by atoms with Gasteiger partial charge in [-0.05, 0) is 62.3 Å². The molecule has 1 unspecified atom stereocenters. The van der Waals surface area contributed by atoms with Gasteiger partial charge in [-0.25, -0.2) is 9.97 Å². The molecule has 6 nitrogen and oxygen atoms in total. The monoisotopic (exact) mass is 375 g/mol. The largest absolute Gasteiger partial charge is 0.474 e. The number of fused-ring (bicyclic) bond motifs is 3. The van der Waals surface area contributed by atoms with E-state index in [4.69, 9.17) is 10.5 Å². The second-order valence-electron chi connectivity index (χ2n) is 7.69. The fourth-order valence-electron chi connectivity index (χ4n) is 4.26. The fraction of sp³-hybridized carbons (Fsp3) is 0.632. The molecule has 2 heterocycles. The van der Waals surface area contributed by atoms with E-state index in [2.05, 4.69) is 16.9 Å². The summed E-state index contributed by atoms with van der Waals surface area (Å²) in [5.74, 6) is 0.862. The molecule has 2 atom stereocenters. The molecule has 4 rings (SSSR count). The Morgan fingerprint density at radius 3 is 2.85 bits per heavy atom. The summed E-state index contributed by atoms with van der Waals surface area (Å²) in [7, 11) is 0. The van der Waals surface area contributed by atoms with Gasteiger partial charge in [-0.2, -0.15) is 0 Å². The maximum Gasteiger partial charge on any atom is 0.246 e. The van der Waals surface area contributed by atoms with Gasteiger partial charge < -0.3 is 15.6 Å². The molecule has 2 aliphatic rings. The molecule has 0 bridgehead atoms. The van der Waals surface area contributed by atoms with Crippen molar-refractivity contribution in [1.29, 1.82) is 0 Å². The molecule has 2 aromatic heterocycles. The maximum atomic E-state index is 11.3. The lowest BCUT2D eigenvalue weighted by atomic mass is 9.89. The molecule has 0 radical (unpaired) electrons. The topological polar surface area (TPSA) is 98.3 Å². The number of aliphatic hydroxyl groups excluding tert-OH is 1. The second-order valence-corrected chi connectivity index (χ2v) is 8.77. The minimum atomic E-state index is -1.12. The first-order chi connectivity index (χ1) is 12.5. The molecule has 1 amide bonds. The third-order valence-electron chi connectivity index (χ3n) is 5.77. The number of aromatic nitrogens is 2. The number of aryl methyl sites for hydroxylation is 1. The summed E-state index contributed by atoms with van der Waals surface area (Å²) in [6, 6.07) is 0. The molecular weight excluding hydrogens is 350 g/mol. The number of rotatable bonds is 5. The Bertz CT molecular complexity index is 814. The van der Waals surface area contributed by atoms with Gasteiger partial charge in [-0.15, -0.1) is 11.3 Å². The molecule has 1 fully saturated rings. The maximum absolute atomic E-state index is 11.3. The highest BCUT2D eigenvalue weighted by molar-refractivity contribution is 7.19. The highest BCUT2D eigenvalue weighted by Gasteiger charge is 2.33. The zero-order valence-corrected chi connectivity index (χ0v) is 15.8. The number of nitrogens with two attached hydrogens (primary N) is 1. The molecule has 3 N–H and O–H groups in total. The van der Waals surface area contributed by atoms with Crippen molar-refractivity contribution in [2.24, 2.45) is 11.7 Å². The van der Waals surface area contributed by atoms with Crippen LogP contribution in [0.4, 0.5) is 0 Å². The van der Waals surface area contributed by atoms with Crippen molar-refractivity contribution >= 4 is 27.5 Å². The quantitative estimate of drug-likeness (QED) is 0.837. The second kappa shape index (κ2) is 7.12. The lowest BCUT2D eigenvalue weighted by Gasteiger charge is -2.26. The van der Waals surface area contributed by atoms with E-state index < -0.39 is 12.0 Å². The summed E-state index contributed by atoms with van der Waals surface area (Å²) < 4.78 is 6.30. The Kier molecular flexibility index (Phi) is 4.84. The number of amides is 1.